The number of H-pyrrole nitrogens is 1. The number of nitrogens with one attached hydrogen (secondary N) is 2. The monoisotopic (exact) mass is 317 g/mol. The highest BCUT2D eigenvalue weighted by Gasteiger charge is 2.25. The highest BCUT2D eigenvalue weighted by Crippen LogP contribution is 2.28. The van der Waals surface area contributed by atoms with Crippen LogP contribution in [0.15, 0.2) is 28.4 Å². The van der Waals surface area contributed by atoms with E-state index in [-0.39, 0.29) is 17.5 Å². The van der Waals surface area contributed by atoms with Crippen LogP contribution in [0.2, 0.25) is 0 Å². The zero-order chi connectivity index (χ0) is 15.7. The normalized spacial score (nSPS) is 16.8. The molecule has 1 aliphatic rings. The molecular formula is C15H15N3O3S. The van der Waals surface area contributed by atoms with Gasteiger partial charge in [0.25, 0.3) is 17.4 Å². The third kappa shape index (κ3) is 2.67. The number of fused-ring (bicyclic) bond motifs is 1. The molecule has 22 heavy (non-hydrogen) atoms. The van der Waals surface area contributed by atoms with Gasteiger partial charge in [-0.3, -0.25) is 14.4 Å². The topological polar surface area (TPSA) is 105 Å². The van der Waals surface area contributed by atoms with Crippen molar-refractivity contribution >= 4 is 23.2 Å². The third-order valence-corrected chi connectivity index (χ3v) is 4.64. The first-order valence-electron chi connectivity index (χ1n) is 6.96. The van der Waals surface area contributed by atoms with Gasteiger partial charge in [-0.05, 0) is 42.3 Å². The molecule has 3 rings (SSSR count). The Morgan fingerprint density at radius 2 is 2.23 bits per heavy atom. The maximum absolute atomic E-state index is 12.2. The van der Waals surface area contributed by atoms with E-state index in [1.165, 1.54) is 17.4 Å². The molecule has 0 saturated carbocycles. The number of carbonyl (C=O) groups excluding carboxylic acids is 2. The second-order valence-corrected chi connectivity index (χ2v) is 6.15. The Morgan fingerprint density at radius 1 is 1.41 bits per heavy atom. The van der Waals surface area contributed by atoms with Crippen LogP contribution in [0.4, 0.5) is 0 Å². The lowest BCUT2D eigenvalue weighted by Gasteiger charge is -2.26. The van der Waals surface area contributed by atoms with Gasteiger partial charge in [0.05, 0.1) is 10.9 Å². The van der Waals surface area contributed by atoms with Gasteiger partial charge in [0, 0.05) is 5.69 Å². The van der Waals surface area contributed by atoms with Crippen LogP contribution in [0.1, 0.15) is 50.2 Å². The molecule has 2 aromatic heterocycles. The standard InChI is InChI=1S/C15H15N3O3S/c16-13(19)9-7-8-10(17-14(9)20)3-1-4-11(8)18-15(21)12-5-2-6-22-12/h2,5-7,11H,1,3-4H2,(H2,16,19)(H,17,20)(H,18,21). The van der Waals surface area contributed by atoms with E-state index in [2.05, 4.69) is 10.3 Å². The minimum atomic E-state index is -0.766. The number of pyridine rings is 1. The van der Waals surface area contributed by atoms with E-state index in [4.69, 9.17) is 5.73 Å². The highest BCUT2D eigenvalue weighted by molar-refractivity contribution is 7.12. The van der Waals surface area contributed by atoms with Crippen molar-refractivity contribution in [1.82, 2.24) is 10.3 Å². The Balaban J connectivity index is 1.93. The summed E-state index contributed by atoms with van der Waals surface area (Å²) in [5.74, 6) is -0.919. The number of aryl methyl sites for hydroxylation is 1. The average Bonchev–Trinajstić information content (AvgIpc) is 3.00. The fraction of sp³-hybridized carbons (Fsp3) is 0.267. The number of rotatable bonds is 3. The number of thiophene rings is 1. The van der Waals surface area contributed by atoms with Gasteiger partial charge < -0.3 is 16.0 Å². The summed E-state index contributed by atoms with van der Waals surface area (Å²) in [5.41, 5.74) is 6.21. The molecule has 0 spiro atoms. The average molecular weight is 317 g/mol. The first kappa shape index (κ1) is 14.5. The fourth-order valence-electron chi connectivity index (χ4n) is 2.71. The van der Waals surface area contributed by atoms with Gasteiger partial charge in [0.15, 0.2) is 0 Å². The summed E-state index contributed by atoms with van der Waals surface area (Å²) in [6.07, 6.45) is 2.33. The van der Waals surface area contributed by atoms with Crippen LogP contribution >= 0.6 is 11.3 Å². The summed E-state index contributed by atoms with van der Waals surface area (Å²) in [6.45, 7) is 0. The summed E-state index contributed by atoms with van der Waals surface area (Å²) < 4.78 is 0. The molecule has 2 heterocycles. The van der Waals surface area contributed by atoms with Crippen LogP contribution in [-0.4, -0.2) is 16.8 Å². The van der Waals surface area contributed by atoms with Crippen LogP contribution in [0.5, 0.6) is 0 Å². The van der Waals surface area contributed by atoms with Crippen molar-refractivity contribution < 1.29 is 9.59 Å². The Bertz CT molecular complexity index is 780. The minimum Gasteiger partial charge on any atom is -0.365 e. The van der Waals surface area contributed by atoms with Crippen molar-refractivity contribution in [1.29, 1.82) is 0 Å². The number of nitrogens with two attached hydrogens (primary N) is 1. The quantitative estimate of drug-likeness (QED) is 0.795. The van der Waals surface area contributed by atoms with Gasteiger partial charge in [-0.25, -0.2) is 0 Å². The molecule has 6 nitrogen and oxygen atoms in total. The van der Waals surface area contributed by atoms with Gasteiger partial charge >= 0.3 is 0 Å². The fourth-order valence-corrected chi connectivity index (χ4v) is 3.34. The van der Waals surface area contributed by atoms with E-state index in [1.54, 1.807) is 6.07 Å². The molecule has 0 aromatic carbocycles. The summed E-state index contributed by atoms with van der Waals surface area (Å²) in [6, 6.07) is 4.85. The minimum absolute atomic E-state index is 0.0731. The summed E-state index contributed by atoms with van der Waals surface area (Å²) in [7, 11) is 0. The lowest BCUT2D eigenvalue weighted by Crippen LogP contribution is -2.33. The van der Waals surface area contributed by atoms with E-state index >= 15 is 0 Å². The number of aromatic amines is 1. The predicted molar refractivity (Wildman–Crippen MR) is 83.0 cm³/mol. The number of hydrogen-bond donors (Lipinski definition) is 3. The van der Waals surface area contributed by atoms with Crippen molar-refractivity contribution in [2.75, 3.05) is 0 Å². The molecule has 0 saturated heterocycles. The molecule has 7 heteroatoms. The lowest BCUT2D eigenvalue weighted by molar-refractivity contribution is 0.0936. The number of hydrogen-bond acceptors (Lipinski definition) is 4. The second-order valence-electron chi connectivity index (χ2n) is 5.21. The summed E-state index contributed by atoms with van der Waals surface area (Å²) in [4.78, 5) is 38.7. The van der Waals surface area contributed by atoms with Crippen molar-refractivity contribution in [2.24, 2.45) is 5.73 Å². The van der Waals surface area contributed by atoms with Gasteiger partial charge in [0.1, 0.15) is 5.56 Å². The Hall–Kier alpha value is -2.41. The highest BCUT2D eigenvalue weighted by atomic mass is 32.1. The maximum Gasteiger partial charge on any atom is 0.261 e. The van der Waals surface area contributed by atoms with Gasteiger partial charge in [0.2, 0.25) is 0 Å². The van der Waals surface area contributed by atoms with Crippen molar-refractivity contribution in [3.05, 3.63) is 55.6 Å². The van der Waals surface area contributed by atoms with Crippen LogP contribution in [0.25, 0.3) is 0 Å². The van der Waals surface area contributed by atoms with Crippen molar-refractivity contribution in [3.8, 4) is 0 Å². The smallest absolute Gasteiger partial charge is 0.261 e. The third-order valence-electron chi connectivity index (χ3n) is 3.77. The first-order chi connectivity index (χ1) is 10.6. The SMILES string of the molecule is NC(=O)c1cc2c([nH]c1=O)CCCC2NC(=O)c1cccs1. The Kier molecular flexibility index (Phi) is 3.81. The van der Waals surface area contributed by atoms with Crippen LogP contribution in [0.3, 0.4) is 0 Å². The van der Waals surface area contributed by atoms with Gasteiger partial charge in [-0.15, -0.1) is 11.3 Å². The van der Waals surface area contributed by atoms with E-state index in [0.29, 0.717) is 4.88 Å². The molecule has 4 N–H and O–H groups in total. The largest absolute Gasteiger partial charge is 0.365 e. The summed E-state index contributed by atoms with van der Waals surface area (Å²) in [5, 5.41) is 4.80. The van der Waals surface area contributed by atoms with E-state index in [9.17, 15) is 14.4 Å². The lowest BCUT2D eigenvalue weighted by atomic mass is 9.90. The zero-order valence-corrected chi connectivity index (χ0v) is 12.5. The molecule has 1 atom stereocenters. The molecule has 0 radical (unpaired) electrons. The van der Waals surface area contributed by atoms with Gasteiger partial charge in [-0.2, -0.15) is 0 Å². The Morgan fingerprint density at radius 3 is 2.91 bits per heavy atom. The van der Waals surface area contributed by atoms with E-state index in [0.717, 1.165) is 30.5 Å². The molecule has 1 aliphatic carbocycles. The molecule has 0 aliphatic heterocycles. The molecule has 0 fully saturated rings. The number of carbonyl (C=O) groups is 2. The van der Waals surface area contributed by atoms with Crippen molar-refractivity contribution in [2.45, 2.75) is 25.3 Å². The van der Waals surface area contributed by atoms with Crippen LogP contribution in [-0.2, 0) is 6.42 Å². The van der Waals surface area contributed by atoms with E-state index < -0.39 is 11.5 Å². The maximum atomic E-state index is 12.2. The van der Waals surface area contributed by atoms with Crippen molar-refractivity contribution in [3.63, 3.8) is 0 Å². The second kappa shape index (κ2) is 5.76. The van der Waals surface area contributed by atoms with Gasteiger partial charge in [-0.1, -0.05) is 6.07 Å². The summed E-state index contributed by atoms with van der Waals surface area (Å²) >= 11 is 1.37. The number of primary amides is 1. The molecule has 114 valence electrons. The molecule has 2 amide bonds. The first-order valence-corrected chi connectivity index (χ1v) is 7.84. The number of aromatic nitrogens is 1. The predicted octanol–water partition coefficient (Wildman–Crippen LogP) is 1.34. The number of amides is 2. The van der Waals surface area contributed by atoms with E-state index in [1.807, 2.05) is 11.4 Å². The molecule has 2 aromatic rings. The molecule has 0 bridgehead atoms. The van der Waals surface area contributed by atoms with Crippen LogP contribution < -0.4 is 16.6 Å². The Labute approximate surface area is 130 Å². The molecular weight excluding hydrogens is 302 g/mol. The van der Waals surface area contributed by atoms with Crippen LogP contribution in [0, 0.1) is 0 Å². The zero-order valence-electron chi connectivity index (χ0n) is 11.7. The molecule has 1 unspecified atom stereocenters.